The van der Waals surface area contributed by atoms with Crippen LogP contribution >= 0.6 is 0 Å². The molecule has 0 N–H and O–H groups in total. The Kier molecular flexibility index (Phi) is 6.83. The lowest BCUT2D eigenvalue weighted by Gasteiger charge is -2.21. The van der Waals surface area contributed by atoms with Crippen molar-refractivity contribution in [3.8, 4) is 17.3 Å². The molecule has 3 aromatic rings. The molecule has 0 aliphatic carbocycles. The van der Waals surface area contributed by atoms with Gasteiger partial charge in [-0.05, 0) is 43.1 Å². The minimum Gasteiger partial charge on any atom is -0.491 e. The number of hydrogen-bond donors (Lipinski definition) is 0. The number of pyridine rings is 1. The van der Waals surface area contributed by atoms with E-state index in [4.69, 9.17) is 14.0 Å². The van der Waals surface area contributed by atoms with Crippen molar-refractivity contribution in [2.75, 3.05) is 33.1 Å². The summed E-state index contributed by atoms with van der Waals surface area (Å²) < 4.78 is 39.6. The Labute approximate surface area is 187 Å². The van der Waals surface area contributed by atoms with Crippen LogP contribution in [-0.2, 0) is 21.1 Å². The van der Waals surface area contributed by atoms with E-state index in [1.165, 1.54) is 6.26 Å². The molecule has 1 aliphatic heterocycles. The average Bonchev–Trinajstić information content (AvgIpc) is 3.43. The number of rotatable bonds is 9. The first kappa shape index (κ1) is 22.4. The first-order valence-corrected chi connectivity index (χ1v) is 12.3. The Hall–Kier alpha value is -2.82. The summed E-state index contributed by atoms with van der Waals surface area (Å²) in [5.74, 6) is 1.64. The summed E-state index contributed by atoms with van der Waals surface area (Å²) in [7, 11) is -1.58. The third-order valence-corrected chi connectivity index (χ3v) is 6.47. The molecule has 0 radical (unpaired) electrons. The summed E-state index contributed by atoms with van der Waals surface area (Å²) in [5, 5.41) is 4.13. The molecule has 1 fully saturated rings. The quantitative estimate of drug-likeness (QED) is 0.447. The Morgan fingerprint density at radius 2 is 2.00 bits per heavy atom. The van der Waals surface area contributed by atoms with E-state index in [0.717, 1.165) is 24.9 Å². The van der Waals surface area contributed by atoms with Crippen LogP contribution < -0.4 is 4.74 Å². The van der Waals surface area contributed by atoms with Gasteiger partial charge in [0.1, 0.15) is 18.1 Å². The number of hydrogen-bond acceptors (Lipinski definition) is 9. The first-order valence-electron chi connectivity index (χ1n) is 10.4. The summed E-state index contributed by atoms with van der Waals surface area (Å²) in [6, 6.07) is 10.6. The van der Waals surface area contributed by atoms with Gasteiger partial charge in [-0.2, -0.15) is 4.98 Å². The molecule has 170 valence electrons. The number of benzene rings is 1. The van der Waals surface area contributed by atoms with Gasteiger partial charge in [-0.25, -0.2) is 8.42 Å². The van der Waals surface area contributed by atoms with Crippen LogP contribution in [0.25, 0.3) is 11.5 Å². The van der Waals surface area contributed by atoms with E-state index >= 15 is 0 Å². The minimum atomic E-state index is -3.20. The molecule has 1 saturated heterocycles. The average molecular weight is 459 g/mol. The van der Waals surface area contributed by atoms with Gasteiger partial charge in [0, 0.05) is 32.2 Å². The van der Waals surface area contributed by atoms with E-state index in [0.29, 0.717) is 47.8 Å². The van der Waals surface area contributed by atoms with Crippen LogP contribution in [0.15, 0.2) is 52.0 Å². The van der Waals surface area contributed by atoms with Crippen molar-refractivity contribution in [1.29, 1.82) is 0 Å². The molecule has 0 amide bonds. The number of sulfone groups is 1. The topological polar surface area (TPSA) is 108 Å². The van der Waals surface area contributed by atoms with Crippen molar-refractivity contribution in [3.63, 3.8) is 0 Å². The molecule has 2 aromatic heterocycles. The van der Waals surface area contributed by atoms with Crippen molar-refractivity contribution >= 4 is 9.84 Å². The van der Waals surface area contributed by atoms with Gasteiger partial charge in [0.15, 0.2) is 9.84 Å². The van der Waals surface area contributed by atoms with Crippen LogP contribution in [0.5, 0.6) is 5.75 Å². The zero-order chi connectivity index (χ0) is 22.6. The van der Waals surface area contributed by atoms with Gasteiger partial charge in [-0.1, -0.05) is 17.3 Å². The second-order valence-corrected chi connectivity index (χ2v) is 9.73. The largest absolute Gasteiger partial charge is 0.491 e. The molecule has 10 heteroatoms. The zero-order valence-electron chi connectivity index (χ0n) is 18.1. The Bertz CT molecular complexity index is 1150. The van der Waals surface area contributed by atoms with E-state index in [1.54, 1.807) is 37.6 Å². The van der Waals surface area contributed by atoms with Crippen molar-refractivity contribution in [2.45, 2.75) is 30.3 Å². The maximum Gasteiger partial charge on any atom is 0.244 e. The second-order valence-electron chi connectivity index (χ2n) is 7.72. The standard InChI is InChI=1S/C22H26N4O5S/c1-29-12-13-30-17-9-10-23-19(14-17)21-24-22(31-25-21)20-4-3-11-26(20)15-16-5-7-18(8-6-16)32(2,27)28/h5-10,14,20H,3-4,11-13,15H2,1-2H3/t20-/m1/s1. The second kappa shape index (κ2) is 9.76. The summed E-state index contributed by atoms with van der Waals surface area (Å²) in [5.41, 5.74) is 1.61. The van der Waals surface area contributed by atoms with E-state index in [1.807, 2.05) is 12.1 Å². The highest BCUT2D eigenvalue weighted by atomic mass is 32.2. The summed E-state index contributed by atoms with van der Waals surface area (Å²) in [6.07, 6.45) is 4.79. The Morgan fingerprint density at radius 3 is 2.75 bits per heavy atom. The summed E-state index contributed by atoms with van der Waals surface area (Å²) in [6.45, 7) is 2.52. The lowest BCUT2D eigenvalue weighted by Crippen LogP contribution is -2.23. The number of ether oxygens (including phenoxy) is 2. The Balaban J connectivity index is 1.46. The third-order valence-electron chi connectivity index (χ3n) is 5.34. The number of nitrogens with zero attached hydrogens (tertiary/aromatic N) is 4. The highest BCUT2D eigenvalue weighted by Crippen LogP contribution is 2.33. The maximum absolute atomic E-state index is 11.7. The van der Waals surface area contributed by atoms with Gasteiger partial charge in [0.05, 0.1) is 17.5 Å². The Morgan fingerprint density at radius 1 is 1.19 bits per heavy atom. The monoisotopic (exact) mass is 458 g/mol. The van der Waals surface area contributed by atoms with Crippen LogP contribution in [0.1, 0.15) is 30.3 Å². The molecule has 0 saturated carbocycles. The first-order chi connectivity index (χ1) is 15.4. The van der Waals surface area contributed by atoms with Crippen LogP contribution in [-0.4, -0.2) is 61.6 Å². The van der Waals surface area contributed by atoms with E-state index in [9.17, 15) is 8.42 Å². The summed E-state index contributed by atoms with van der Waals surface area (Å²) in [4.78, 5) is 11.5. The fraction of sp³-hybridized carbons (Fsp3) is 0.409. The number of likely N-dealkylation sites (tertiary alicyclic amines) is 1. The molecule has 3 heterocycles. The van der Waals surface area contributed by atoms with Gasteiger partial charge in [0.2, 0.25) is 11.7 Å². The van der Waals surface area contributed by atoms with Gasteiger partial charge >= 0.3 is 0 Å². The van der Waals surface area contributed by atoms with E-state index < -0.39 is 9.84 Å². The highest BCUT2D eigenvalue weighted by molar-refractivity contribution is 7.90. The fourth-order valence-electron chi connectivity index (χ4n) is 3.71. The molecule has 0 bridgehead atoms. The van der Waals surface area contributed by atoms with Crippen LogP contribution in [0.2, 0.25) is 0 Å². The fourth-order valence-corrected chi connectivity index (χ4v) is 4.34. The molecular formula is C22H26N4O5S. The molecule has 4 rings (SSSR count). The molecule has 0 unspecified atom stereocenters. The third kappa shape index (κ3) is 5.32. The van der Waals surface area contributed by atoms with E-state index in [-0.39, 0.29) is 6.04 Å². The van der Waals surface area contributed by atoms with Crippen LogP contribution in [0.3, 0.4) is 0 Å². The molecule has 0 spiro atoms. The van der Waals surface area contributed by atoms with Crippen molar-refractivity contribution in [2.24, 2.45) is 0 Å². The van der Waals surface area contributed by atoms with Crippen LogP contribution in [0, 0.1) is 0 Å². The molecule has 32 heavy (non-hydrogen) atoms. The van der Waals surface area contributed by atoms with Crippen LogP contribution in [0.4, 0.5) is 0 Å². The zero-order valence-corrected chi connectivity index (χ0v) is 18.9. The lowest BCUT2D eigenvalue weighted by molar-refractivity contribution is 0.146. The van der Waals surface area contributed by atoms with E-state index in [2.05, 4.69) is 20.0 Å². The van der Waals surface area contributed by atoms with Gasteiger partial charge < -0.3 is 14.0 Å². The normalized spacial score (nSPS) is 17.0. The molecular weight excluding hydrogens is 432 g/mol. The predicted octanol–water partition coefficient (Wildman–Crippen LogP) is 2.90. The van der Waals surface area contributed by atoms with Crippen molar-refractivity contribution in [3.05, 3.63) is 54.0 Å². The SMILES string of the molecule is COCCOc1ccnc(-c2noc([C@H]3CCCN3Cc3ccc(S(C)(=O)=O)cc3)n2)c1. The van der Waals surface area contributed by atoms with Gasteiger partial charge in [-0.3, -0.25) is 9.88 Å². The maximum atomic E-state index is 11.7. The predicted molar refractivity (Wildman–Crippen MR) is 117 cm³/mol. The highest BCUT2D eigenvalue weighted by Gasteiger charge is 2.31. The van der Waals surface area contributed by atoms with Gasteiger partial charge in [-0.15, -0.1) is 0 Å². The van der Waals surface area contributed by atoms with Crippen molar-refractivity contribution in [1.82, 2.24) is 20.0 Å². The molecule has 1 aliphatic rings. The smallest absolute Gasteiger partial charge is 0.244 e. The number of methoxy groups -OCH3 is 1. The number of aromatic nitrogens is 3. The minimum absolute atomic E-state index is 0.00645. The van der Waals surface area contributed by atoms with Gasteiger partial charge in [0.25, 0.3) is 0 Å². The molecule has 1 aromatic carbocycles. The summed E-state index contributed by atoms with van der Waals surface area (Å²) >= 11 is 0. The van der Waals surface area contributed by atoms with Crippen molar-refractivity contribution < 1.29 is 22.4 Å². The molecule has 1 atom stereocenters. The lowest BCUT2D eigenvalue weighted by atomic mass is 10.2. The molecule has 9 nitrogen and oxygen atoms in total.